The highest BCUT2D eigenvalue weighted by molar-refractivity contribution is 5.92. The van der Waals surface area contributed by atoms with E-state index < -0.39 is 5.97 Å². The maximum Gasteiger partial charge on any atom is 0.337 e. The van der Waals surface area contributed by atoms with Crippen molar-refractivity contribution in [1.29, 1.82) is 0 Å². The van der Waals surface area contributed by atoms with Crippen LogP contribution in [0, 0.1) is 0 Å². The van der Waals surface area contributed by atoms with Gasteiger partial charge in [-0.2, -0.15) is 0 Å². The van der Waals surface area contributed by atoms with E-state index in [0.29, 0.717) is 30.0 Å². The Balaban J connectivity index is 1.76. The van der Waals surface area contributed by atoms with Crippen LogP contribution in [0.25, 0.3) is 0 Å². The third-order valence-electron chi connectivity index (χ3n) is 4.30. The summed E-state index contributed by atoms with van der Waals surface area (Å²) in [5, 5.41) is 3.02. The van der Waals surface area contributed by atoms with Gasteiger partial charge in [-0.25, -0.2) is 14.8 Å². The Morgan fingerprint density at radius 3 is 2.59 bits per heavy atom. The predicted octanol–water partition coefficient (Wildman–Crippen LogP) is 3.67. The lowest BCUT2D eigenvalue weighted by Gasteiger charge is -2.20. The minimum atomic E-state index is -0.432. The molecule has 0 saturated heterocycles. The molecular weight excluding hydrogens is 368 g/mol. The number of aromatic nitrogens is 2. The van der Waals surface area contributed by atoms with Gasteiger partial charge in [0.25, 0.3) is 5.91 Å². The fourth-order valence-corrected chi connectivity index (χ4v) is 2.80. The Hall–Kier alpha value is -3.74. The molecule has 2 aromatic carbocycles. The number of methoxy groups -OCH3 is 1. The number of rotatable bonds is 7. The van der Waals surface area contributed by atoms with Crippen LogP contribution in [-0.4, -0.2) is 40.4 Å². The van der Waals surface area contributed by atoms with Crippen molar-refractivity contribution < 1.29 is 14.3 Å². The summed E-state index contributed by atoms with van der Waals surface area (Å²) < 4.78 is 4.73. The maximum absolute atomic E-state index is 12.9. The van der Waals surface area contributed by atoms with E-state index >= 15 is 0 Å². The fraction of sp³-hybridized carbons (Fsp3) is 0.182. The second kappa shape index (κ2) is 9.45. The van der Waals surface area contributed by atoms with Crippen LogP contribution in [0.4, 0.5) is 11.6 Å². The molecule has 1 N–H and O–H groups in total. The molecule has 0 aliphatic carbocycles. The third kappa shape index (κ3) is 5.16. The lowest BCUT2D eigenvalue weighted by atomic mass is 10.2. The molecule has 0 radical (unpaired) electrons. The molecule has 0 aliphatic heterocycles. The average molecular weight is 390 g/mol. The van der Waals surface area contributed by atoms with Gasteiger partial charge in [-0.05, 0) is 36.8 Å². The zero-order valence-corrected chi connectivity index (χ0v) is 16.3. The highest BCUT2D eigenvalue weighted by atomic mass is 16.5. The molecule has 0 aliphatic rings. The first-order valence-corrected chi connectivity index (χ1v) is 9.22. The van der Waals surface area contributed by atoms with Crippen molar-refractivity contribution in [3.05, 3.63) is 83.7 Å². The Morgan fingerprint density at radius 2 is 1.86 bits per heavy atom. The van der Waals surface area contributed by atoms with Gasteiger partial charge in [0.15, 0.2) is 0 Å². The molecule has 0 unspecified atom stereocenters. The first-order chi connectivity index (χ1) is 14.1. The molecule has 29 heavy (non-hydrogen) atoms. The van der Waals surface area contributed by atoms with E-state index in [1.165, 1.54) is 13.3 Å². The summed E-state index contributed by atoms with van der Waals surface area (Å²) in [6.45, 7) is 2.99. The van der Waals surface area contributed by atoms with Gasteiger partial charge in [-0.1, -0.05) is 36.4 Å². The number of hydrogen-bond acceptors (Lipinski definition) is 6. The number of nitrogens with zero attached hydrogens (tertiary/aromatic N) is 3. The Kier molecular flexibility index (Phi) is 6.52. The Bertz CT molecular complexity index is 992. The summed E-state index contributed by atoms with van der Waals surface area (Å²) in [6, 6.07) is 18.2. The van der Waals surface area contributed by atoms with E-state index in [-0.39, 0.29) is 11.9 Å². The smallest absolute Gasteiger partial charge is 0.337 e. The van der Waals surface area contributed by atoms with Crippen LogP contribution in [0.1, 0.15) is 33.3 Å². The average Bonchev–Trinajstić information content (AvgIpc) is 2.77. The van der Waals surface area contributed by atoms with Gasteiger partial charge in [0.05, 0.1) is 12.7 Å². The maximum atomic E-state index is 12.9. The van der Waals surface area contributed by atoms with Crippen LogP contribution in [0.15, 0.2) is 66.9 Å². The molecule has 1 amide bonds. The van der Waals surface area contributed by atoms with Crippen molar-refractivity contribution in [2.24, 2.45) is 0 Å². The standard InChI is InChI=1S/C22H22N4O3/c1-3-26(15-16-8-5-4-6-9-16)20(27)19-12-13-23-22(25-19)24-18-11-7-10-17(14-18)21(28)29-2/h4-14H,3,15H2,1-2H3,(H,23,24,25). The van der Waals surface area contributed by atoms with Gasteiger partial charge in [0, 0.05) is 25.0 Å². The first kappa shape index (κ1) is 20.0. The van der Waals surface area contributed by atoms with Crippen molar-refractivity contribution in [2.75, 3.05) is 19.0 Å². The fourth-order valence-electron chi connectivity index (χ4n) is 2.80. The monoisotopic (exact) mass is 390 g/mol. The zero-order chi connectivity index (χ0) is 20.6. The summed E-state index contributed by atoms with van der Waals surface area (Å²) >= 11 is 0. The lowest BCUT2D eigenvalue weighted by Crippen LogP contribution is -2.31. The summed E-state index contributed by atoms with van der Waals surface area (Å²) in [5.74, 6) is -0.336. The number of carbonyl (C=O) groups is 2. The van der Waals surface area contributed by atoms with Crippen LogP contribution in [0.2, 0.25) is 0 Å². The molecule has 7 heteroatoms. The van der Waals surface area contributed by atoms with Gasteiger partial charge in [-0.15, -0.1) is 0 Å². The van der Waals surface area contributed by atoms with Crippen molar-refractivity contribution in [1.82, 2.24) is 14.9 Å². The van der Waals surface area contributed by atoms with Gasteiger partial charge in [-0.3, -0.25) is 4.79 Å². The van der Waals surface area contributed by atoms with Gasteiger partial charge in [0.1, 0.15) is 5.69 Å². The molecule has 0 atom stereocenters. The van der Waals surface area contributed by atoms with Gasteiger partial charge >= 0.3 is 5.97 Å². The number of amides is 1. The quantitative estimate of drug-likeness (QED) is 0.620. The van der Waals surface area contributed by atoms with Crippen molar-refractivity contribution >= 4 is 23.5 Å². The second-order valence-electron chi connectivity index (χ2n) is 6.27. The topological polar surface area (TPSA) is 84.4 Å². The number of anilines is 2. The molecule has 7 nitrogen and oxygen atoms in total. The van der Waals surface area contributed by atoms with Crippen LogP contribution < -0.4 is 5.32 Å². The van der Waals surface area contributed by atoms with Crippen LogP contribution in [0.5, 0.6) is 0 Å². The number of carbonyl (C=O) groups excluding carboxylic acids is 2. The third-order valence-corrected chi connectivity index (χ3v) is 4.30. The molecule has 0 spiro atoms. The molecular formula is C22H22N4O3. The summed E-state index contributed by atoms with van der Waals surface area (Å²) in [4.78, 5) is 34.8. The van der Waals surface area contributed by atoms with E-state index in [0.717, 1.165) is 5.56 Å². The lowest BCUT2D eigenvalue weighted by molar-refractivity contribution is 0.0600. The molecule has 0 saturated carbocycles. The Labute approximate surface area is 169 Å². The SMILES string of the molecule is CCN(Cc1ccccc1)C(=O)c1ccnc(Nc2cccc(C(=O)OC)c2)n1. The predicted molar refractivity (Wildman–Crippen MR) is 110 cm³/mol. The van der Waals surface area contributed by atoms with E-state index in [1.807, 2.05) is 37.3 Å². The summed E-state index contributed by atoms with van der Waals surface area (Å²) in [5.41, 5.74) is 2.37. The Morgan fingerprint density at radius 1 is 1.07 bits per heavy atom. The number of ether oxygens (including phenoxy) is 1. The minimum absolute atomic E-state index is 0.176. The van der Waals surface area contributed by atoms with Gasteiger partial charge < -0.3 is 15.0 Å². The minimum Gasteiger partial charge on any atom is -0.465 e. The van der Waals surface area contributed by atoms with Crippen LogP contribution in [-0.2, 0) is 11.3 Å². The van der Waals surface area contributed by atoms with Gasteiger partial charge in [0.2, 0.25) is 5.95 Å². The van der Waals surface area contributed by atoms with Crippen LogP contribution in [0.3, 0.4) is 0 Å². The molecule has 1 heterocycles. The number of benzene rings is 2. The normalized spacial score (nSPS) is 10.3. The zero-order valence-electron chi connectivity index (χ0n) is 16.3. The van der Waals surface area contributed by atoms with E-state index in [1.54, 1.807) is 35.2 Å². The molecule has 0 fully saturated rings. The highest BCUT2D eigenvalue weighted by Gasteiger charge is 2.17. The van der Waals surface area contributed by atoms with E-state index in [2.05, 4.69) is 15.3 Å². The number of esters is 1. The molecule has 3 aromatic rings. The number of nitrogens with one attached hydrogen (secondary N) is 1. The first-order valence-electron chi connectivity index (χ1n) is 9.22. The summed E-state index contributed by atoms with van der Waals surface area (Å²) in [6.07, 6.45) is 1.53. The molecule has 1 aromatic heterocycles. The highest BCUT2D eigenvalue weighted by Crippen LogP contribution is 2.16. The molecule has 148 valence electrons. The molecule has 3 rings (SSSR count). The van der Waals surface area contributed by atoms with Crippen molar-refractivity contribution in [3.63, 3.8) is 0 Å². The number of hydrogen-bond donors (Lipinski definition) is 1. The van der Waals surface area contributed by atoms with E-state index in [4.69, 9.17) is 4.74 Å². The largest absolute Gasteiger partial charge is 0.465 e. The van der Waals surface area contributed by atoms with E-state index in [9.17, 15) is 9.59 Å². The van der Waals surface area contributed by atoms with Crippen LogP contribution >= 0.6 is 0 Å². The molecule has 0 bridgehead atoms. The summed E-state index contributed by atoms with van der Waals surface area (Å²) in [7, 11) is 1.33. The second-order valence-corrected chi connectivity index (χ2v) is 6.27. The van der Waals surface area contributed by atoms with Crippen molar-refractivity contribution in [2.45, 2.75) is 13.5 Å². The van der Waals surface area contributed by atoms with Crippen molar-refractivity contribution in [3.8, 4) is 0 Å².